The van der Waals surface area contributed by atoms with Crippen molar-refractivity contribution >= 4 is 41.3 Å². The van der Waals surface area contributed by atoms with Crippen LogP contribution in [0, 0.1) is 0 Å². The molecular formula is C14H19BrClNOSi. The highest BCUT2D eigenvalue weighted by Crippen LogP contribution is 2.28. The predicted octanol–water partition coefficient (Wildman–Crippen LogP) is 4.93. The van der Waals surface area contributed by atoms with E-state index in [-0.39, 0.29) is 10.9 Å². The minimum Gasteiger partial charge on any atom is -0.392 e. The van der Waals surface area contributed by atoms with Crippen molar-refractivity contribution in [3.8, 4) is 0 Å². The maximum absolute atomic E-state index is 5.90. The van der Waals surface area contributed by atoms with Crippen LogP contribution < -0.4 is 0 Å². The Labute approximate surface area is 129 Å². The summed E-state index contributed by atoms with van der Waals surface area (Å²) in [7, 11) is -1.12. The number of oxime groups is 1. The molecule has 0 aliphatic carbocycles. The normalized spacial score (nSPS) is 23.7. The highest BCUT2D eigenvalue weighted by Gasteiger charge is 2.30. The van der Waals surface area contributed by atoms with E-state index >= 15 is 0 Å². The van der Waals surface area contributed by atoms with Crippen LogP contribution in [-0.2, 0) is 4.84 Å². The van der Waals surface area contributed by atoms with Gasteiger partial charge in [-0.25, -0.2) is 0 Å². The van der Waals surface area contributed by atoms with Gasteiger partial charge in [0.1, 0.15) is 11.8 Å². The van der Waals surface area contributed by atoms with Crippen molar-refractivity contribution in [1.29, 1.82) is 0 Å². The predicted molar refractivity (Wildman–Crippen MR) is 88.3 cm³/mol. The van der Waals surface area contributed by atoms with E-state index in [9.17, 15) is 0 Å². The van der Waals surface area contributed by atoms with Gasteiger partial charge >= 0.3 is 0 Å². The van der Waals surface area contributed by atoms with E-state index in [2.05, 4.69) is 40.7 Å². The molecule has 2 rings (SSSR count). The van der Waals surface area contributed by atoms with Gasteiger partial charge < -0.3 is 4.84 Å². The number of benzene rings is 1. The van der Waals surface area contributed by atoms with Gasteiger partial charge in [-0.15, -0.1) is 0 Å². The number of hydrogen-bond donors (Lipinski definition) is 0. The molecule has 0 saturated heterocycles. The van der Waals surface area contributed by atoms with Gasteiger partial charge in [-0.05, 0) is 18.2 Å². The number of nitrogens with zero attached hydrogens (tertiary/aromatic N) is 1. The fourth-order valence-electron chi connectivity index (χ4n) is 2.23. The van der Waals surface area contributed by atoms with Gasteiger partial charge in [-0.3, -0.25) is 0 Å². The Balaban J connectivity index is 2.10. The first-order chi connectivity index (χ1) is 8.85. The molecule has 1 aromatic carbocycles. The van der Waals surface area contributed by atoms with Crippen LogP contribution in [0.5, 0.6) is 0 Å². The van der Waals surface area contributed by atoms with E-state index in [1.165, 1.54) is 0 Å². The van der Waals surface area contributed by atoms with Crippen molar-refractivity contribution in [2.75, 3.05) is 0 Å². The Kier molecular flexibility index (Phi) is 4.74. The molecule has 1 aromatic rings. The van der Waals surface area contributed by atoms with Crippen LogP contribution in [0.15, 0.2) is 29.4 Å². The average molecular weight is 361 g/mol. The average Bonchev–Trinajstić information content (AvgIpc) is 2.29. The third-order valence-corrected chi connectivity index (χ3v) is 5.79. The van der Waals surface area contributed by atoms with Crippen molar-refractivity contribution in [2.45, 2.75) is 43.0 Å². The van der Waals surface area contributed by atoms with E-state index in [4.69, 9.17) is 16.4 Å². The van der Waals surface area contributed by atoms with Gasteiger partial charge in [-0.1, -0.05) is 64.5 Å². The summed E-state index contributed by atoms with van der Waals surface area (Å²) >= 11 is 9.63. The lowest BCUT2D eigenvalue weighted by Gasteiger charge is -2.29. The molecule has 1 heterocycles. The van der Waals surface area contributed by atoms with Crippen molar-refractivity contribution in [3.63, 3.8) is 0 Å². The molecule has 0 spiro atoms. The molecule has 0 saturated carbocycles. The molecule has 0 fully saturated rings. The van der Waals surface area contributed by atoms with Crippen LogP contribution in [0.1, 0.15) is 12.0 Å². The molecule has 0 bridgehead atoms. The molecule has 2 nitrogen and oxygen atoms in total. The van der Waals surface area contributed by atoms with Crippen LogP contribution in [0.4, 0.5) is 0 Å². The van der Waals surface area contributed by atoms with Gasteiger partial charge in [0.05, 0.1) is 4.83 Å². The fraction of sp³-hybridized carbons (Fsp3) is 0.500. The molecule has 5 heteroatoms. The Bertz CT molecular complexity index is 469. The van der Waals surface area contributed by atoms with E-state index < -0.39 is 8.07 Å². The lowest BCUT2D eigenvalue weighted by Crippen LogP contribution is -2.34. The van der Waals surface area contributed by atoms with E-state index in [0.29, 0.717) is 0 Å². The van der Waals surface area contributed by atoms with Crippen LogP contribution in [0.25, 0.3) is 0 Å². The fourth-order valence-corrected chi connectivity index (χ4v) is 4.73. The third-order valence-electron chi connectivity index (χ3n) is 3.05. The number of rotatable bonds is 3. The lowest BCUT2D eigenvalue weighted by molar-refractivity contribution is 0.0582. The van der Waals surface area contributed by atoms with Gasteiger partial charge in [-0.2, -0.15) is 0 Å². The molecule has 0 radical (unpaired) electrons. The Hall–Kier alpha value is -0.323. The summed E-state index contributed by atoms with van der Waals surface area (Å²) in [5.74, 6) is 0. The van der Waals surface area contributed by atoms with Crippen molar-refractivity contribution < 1.29 is 4.84 Å². The van der Waals surface area contributed by atoms with Crippen molar-refractivity contribution in [2.24, 2.45) is 5.16 Å². The second-order valence-electron chi connectivity index (χ2n) is 6.18. The summed E-state index contributed by atoms with van der Waals surface area (Å²) in [6.07, 6.45) is 1.22. The molecule has 0 unspecified atom stereocenters. The van der Waals surface area contributed by atoms with Gasteiger partial charge in [0.25, 0.3) is 0 Å². The summed E-state index contributed by atoms with van der Waals surface area (Å²) < 4.78 is 0. The molecule has 1 aliphatic heterocycles. The minimum absolute atomic E-state index is 0.243. The monoisotopic (exact) mass is 359 g/mol. The smallest absolute Gasteiger partial charge is 0.126 e. The maximum atomic E-state index is 5.90. The van der Waals surface area contributed by atoms with E-state index in [1.807, 2.05) is 24.3 Å². The minimum atomic E-state index is -1.12. The SMILES string of the molecule is C[Si](C)(C)C[C@@H]1C[C@@H](Br)C(c2ccc(Cl)cc2)=NO1. The highest BCUT2D eigenvalue weighted by atomic mass is 79.9. The summed E-state index contributed by atoms with van der Waals surface area (Å²) in [6, 6.07) is 8.88. The largest absolute Gasteiger partial charge is 0.392 e. The van der Waals surface area contributed by atoms with Gasteiger partial charge in [0, 0.05) is 25.1 Å². The standard InChI is InChI=1S/C14H19BrClNOSi/c1-19(2,3)9-12-8-13(15)14(17-18-12)10-4-6-11(16)7-5-10/h4-7,12-13H,8-9H2,1-3H3/t12-,13+/m0/s1. The van der Waals surface area contributed by atoms with Crippen molar-refractivity contribution in [3.05, 3.63) is 34.9 Å². The molecule has 0 aromatic heterocycles. The van der Waals surface area contributed by atoms with E-state index in [0.717, 1.165) is 28.8 Å². The summed E-state index contributed by atoms with van der Waals surface area (Å²) in [4.78, 5) is 5.93. The first kappa shape index (κ1) is 15.1. The second kappa shape index (κ2) is 5.98. The zero-order chi connectivity index (χ0) is 14.0. The first-order valence-electron chi connectivity index (χ1n) is 6.49. The molecule has 104 valence electrons. The van der Waals surface area contributed by atoms with Crippen molar-refractivity contribution in [1.82, 2.24) is 0 Å². The molecule has 0 amide bonds. The zero-order valence-electron chi connectivity index (χ0n) is 11.5. The molecule has 2 atom stereocenters. The second-order valence-corrected chi connectivity index (χ2v) is 13.3. The summed E-state index contributed by atoms with van der Waals surface area (Å²) in [5, 5.41) is 5.06. The maximum Gasteiger partial charge on any atom is 0.126 e. The van der Waals surface area contributed by atoms with Crippen LogP contribution in [0.3, 0.4) is 0 Å². The molecule has 1 aliphatic rings. The number of halogens is 2. The van der Waals surface area contributed by atoms with Crippen LogP contribution in [-0.4, -0.2) is 24.7 Å². The van der Waals surface area contributed by atoms with E-state index in [1.54, 1.807) is 0 Å². The number of hydrogen-bond acceptors (Lipinski definition) is 2. The topological polar surface area (TPSA) is 21.6 Å². The van der Waals surface area contributed by atoms with Crippen LogP contribution in [0.2, 0.25) is 30.7 Å². The molecule has 0 N–H and O–H groups in total. The zero-order valence-corrected chi connectivity index (χ0v) is 14.8. The van der Waals surface area contributed by atoms with Gasteiger partial charge in [0.15, 0.2) is 0 Å². The lowest BCUT2D eigenvalue weighted by atomic mass is 10.0. The first-order valence-corrected chi connectivity index (χ1v) is 11.5. The summed E-state index contributed by atoms with van der Waals surface area (Å²) in [5.41, 5.74) is 2.03. The Morgan fingerprint density at radius 2 is 1.95 bits per heavy atom. The third kappa shape index (κ3) is 4.33. The Morgan fingerprint density at radius 1 is 1.32 bits per heavy atom. The summed E-state index contributed by atoms with van der Waals surface area (Å²) in [6.45, 7) is 7.08. The quantitative estimate of drug-likeness (QED) is 0.553. The molecule has 19 heavy (non-hydrogen) atoms. The molecular weight excluding hydrogens is 342 g/mol. The Morgan fingerprint density at radius 3 is 2.47 bits per heavy atom. The highest BCUT2D eigenvalue weighted by molar-refractivity contribution is 9.10. The number of alkyl halides is 1. The van der Waals surface area contributed by atoms with Gasteiger partial charge in [0.2, 0.25) is 0 Å². The van der Waals surface area contributed by atoms with Crippen LogP contribution >= 0.6 is 27.5 Å².